The Labute approximate surface area is 153 Å². The molecule has 6 nitrogen and oxygen atoms in total. The van der Waals surface area contributed by atoms with Gasteiger partial charge in [0.25, 0.3) is 0 Å². The number of likely N-dealkylation sites (N-methyl/N-ethyl adjacent to an activating group) is 2. The van der Waals surface area contributed by atoms with Crippen molar-refractivity contribution in [1.29, 1.82) is 0 Å². The highest BCUT2D eigenvalue weighted by Gasteiger charge is 2.31. The van der Waals surface area contributed by atoms with Crippen LogP contribution in [0.25, 0.3) is 0 Å². The quantitative estimate of drug-likeness (QED) is 0.515. The molecular formula is C19H37N3O3. The van der Waals surface area contributed by atoms with Crippen LogP contribution >= 0.6 is 0 Å². The number of anilines is 1. The van der Waals surface area contributed by atoms with Crippen LogP contribution in [0.2, 0.25) is 0 Å². The molecule has 0 amide bonds. The van der Waals surface area contributed by atoms with E-state index in [0.717, 1.165) is 13.1 Å². The van der Waals surface area contributed by atoms with Gasteiger partial charge in [0.15, 0.2) is 0 Å². The maximum atomic E-state index is 11.7. The van der Waals surface area contributed by atoms with Gasteiger partial charge < -0.3 is 19.4 Å². The Balaban J connectivity index is 0.00000101. The molecule has 0 fully saturated rings. The molecule has 1 rings (SSSR count). The second-order valence-electron chi connectivity index (χ2n) is 7.86. The second-order valence-corrected chi connectivity index (χ2v) is 7.86. The highest BCUT2D eigenvalue weighted by molar-refractivity contribution is 5.60. The average molecular weight is 356 g/mol. The summed E-state index contributed by atoms with van der Waals surface area (Å²) < 4.78 is 5.51. The van der Waals surface area contributed by atoms with Gasteiger partial charge in [-0.25, -0.2) is 0 Å². The molecule has 0 aliphatic heterocycles. The third-order valence-corrected chi connectivity index (χ3v) is 3.90. The number of rotatable bonds is 8. The topological polar surface area (TPSA) is 53.1 Å². The summed E-state index contributed by atoms with van der Waals surface area (Å²) in [7, 11) is 9.93. The third kappa shape index (κ3) is 8.12. The molecule has 0 aliphatic carbocycles. The Hall–Kier alpha value is -1.24. The highest BCUT2D eigenvalue weighted by Crippen LogP contribution is 2.27. The molecule has 0 unspecified atom stereocenters. The van der Waals surface area contributed by atoms with Crippen LogP contribution in [0.4, 0.5) is 5.69 Å². The zero-order chi connectivity index (χ0) is 19.8. The first-order chi connectivity index (χ1) is 11.4. The lowest BCUT2D eigenvalue weighted by Gasteiger charge is -2.29. The van der Waals surface area contributed by atoms with Crippen molar-refractivity contribution in [2.24, 2.45) is 0 Å². The standard InChI is InChI=1S/C15H26N2O3.C4H11N/c1-15(2,3)11-12(14(19)13(11)18)17(6)8-10-20-9-7-16(4)5;1-4-5(2)3/h7-10H2,1-6H3;4H2,1-3H3. The summed E-state index contributed by atoms with van der Waals surface area (Å²) in [4.78, 5) is 29.5. The summed E-state index contributed by atoms with van der Waals surface area (Å²) in [5.74, 6) is 0. The lowest BCUT2D eigenvalue weighted by atomic mass is 9.82. The number of nitrogens with zero attached hydrogens (tertiary/aromatic N) is 3. The van der Waals surface area contributed by atoms with Gasteiger partial charge in [-0.1, -0.05) is 27.7 Å². The third-order valence-electron chi connectivity index (χ3n) is 3.90. The molecule has 0 aliphatic rings. The van der Waals surface area contributed by atoms with Crippen molar-refractivity contribution in [2.45, 2.75) is 33.1 Å². The molecule has 0 saturated carbocycles. The molecule has 6 heteroatoms. The largest absolute Gasteiger partial charge is 0.378 e. The van der Waals surface area contributed by atoms with Gasteiger partial charge in [0, 0.05) is 25.7 Å². The maximum Gasteiger partial charge on any atom is 0.249 e. The van der Waals surface area contributed by atoms with Crippen molar-refractivity contribution in [2.75, 3.05) is 73.0 Å². The first-order valence-corrected chi connectivity index (χ1v) is 8.85. The Morgan fingerprint density at radius 2 is 1.32 bits per heavy atom. The Morgan fingerprint density at radius 1 is 0.840 bits per heavy atom. The van der Waals surface area contributed by atoms with E-state index in [1.165, 1.54) is 0 Å². The van der Waals surface area contributed by atoms with Crippen LogP contribution in [-0.4, -0.2) is 77.9 Å². The molecule has 0 atom stereocenters. The molecule has 0 heterocycles. The van der Waals surface area contributed by atoms with Gasteiger partial charge >= 0.3 is 0 Å². The van der Waals surface area contributed by atoms with E-state index in [1.54, 1.807) is 0 Å². The summed E-state index contributed by atoms with van der Waals surface area (Å²) in [5, 5.41) is 0. The lowest BCUT2D eigenvalue weighted by molar-refractivity contribution is 0.123. The maximum absolute atomic E-state index is 11.7. The zero-order valence-electron chi connectivity index (χ0n) is 17.6. The van der Waals surface area contributed by atoms with E-state index in [2.05, 4.69) is 30.8 Å². The van der Waals surface area contributed by atoms with E-state index in [4.69, 9.17) is 4.74 Å². The van der Waals surface area contributed by atoms with Gasteiger partial charge in [0.2, 0.25) is 10.9 Å². The van der Waals surface area contributed by atoms with E-state index >= 15 is 0 Å². The molecule has 0 N–H and O–H groups in total. The molecule has 146 valence electrons. The van der Waals surface area contributed by atoms with Crippen molar-refractivity contribution in [3.05, 3.63) is 26.0 Å². The zero-order valence-corrected chi connectivity index (χ0v) is 17.6. The first-order valence-electron chi connectivity index (χ1n) is 8.85. The molecule has 0 bridgehead atoms. The minimum absolute atomic E-state index is 0.291. The van der Waals surface area contributed by atoms with Crippen molar-refractivity contribution >= 4 is 5.69 Å². The minimum atomic E-state index is -0.370. The lowest BCUT2D eigenvalue weighted by Crippen LogP contribution is -2.47. The van der Waals surface area contributed by atoms with Gasteiger partial charge in [-0.05, 0) is 40.2 Å². The highest BCUT2D eigenvalue weighted by atomic mass is 16.5. The smallest absolute Gasteiger partial charge is 0.249 e. The summed E-state index contributed by atoms with van der Waals surface area (Å²) in [6.07, 6.45) is 0. The molecule has 0 aromatic heterocycles. The number of hydrogen-bond donors (Lipinski definition) is 0. The van der Waals surface area contributed by atoms with Gasteiger partial charge in [-0.2, -0.15) is 0 Å². The normalized spacial score (nSPS) is 11.8. The second kappa shape index (κ2) is 10.7. The predicted molar refractivity (Wildman–Crippen MR) is 107 cm³/mol. The molecule has 1 aromatic rings. The minimum Gasteiger partial charge on any atom is -0.378 e. The van der Waals surface area contributed by atoms with Crippen LogP contribution in [-0.2, 0) is 10.2 Å². The summed E-state index contributed by atoms with van der Waals surface area (Å²) in [5.41, 5.74) is 0.191. The van der Waals surface area contributed by atoms with Crippen LogP contribution < -0.4 is 15.8 Å². The summed E-state index contributed by atoms with van der Waals surface area (Å²) in [6, 6.07) is 0. The van der Waals surface area contributed by atoms with Crippen molar-refractivity contribution < 1.29 is 4.74 Å². The van der Waals surface area contributed by atoms with Gasteiger partial charge in [0.1, 0.15) is 0 Å². The molecular weight excluding hydrogens is 318 g/mol. The van der Waals surface area contributed by atoms with Gasteiger partial charge in [0.05, 0.1) is 18.9 Å². The molecule has 0 spiro atoms. The SMILES string of the molecule is CCN(C)C.CN(C)CCOCCN(C)c1c(C(C)(C)C)c(=O)c1=O. The fraction of sp³-hybridized carbons (Fsp3) is 0.789. The van der Waals surface area contributed by atoms with Gasteiger partial charge in [-0.15, -0.1) is 0 Å². The van der Waals surface area contributed by atoms with Gasteiger partial charge in [-0.3, -0.25) is 9.59 Å². The first kappa shape index (κ1) is 23.8. The molecule has 1 aromatic carbocycles. The van der Waals surface area contributed by atoms with Crippen molar-refractivity contribution in [3.63, 3.8) is 0 Å². The molecule has 0 radical (unpaired) electrons. The summed E-state index contributed by atoms with van der Waals surface area (Å²) >= 11 is 0. The van der Waals surface area contributed by atoms with E-state index in [9.17, 15) is 9.59 Å². The van der Waals surface area contributed by atoms with Crippen molar-refractivity contribution in [1.82, 2.24) is 9.80 Å². The Kier molecular flexibility index (Phi) is 10.2. The summed E-state index contributed by atoms with van der Waals surface area (Å²) in [6.45, 7) is 11.8. The monoisotopic (exact) mass is 355 g/mol. The Morgan fingerprint density at radius 3 is 1.72 bits per heavy atom. The fourth-order valence-electron chi connectivity index (χ4n) is 2.10. The average Bonchev–Trinajstić information content (AvgIpc) is 2.49. The van der Waals surface area contributed by atoms with E-state index < -0.39 is 0 Å². The van der Waals surface area contributed by atoms with Crippen LogP contribution in [0.5, 0.6) is 0 Å². The van der Waals surface area contributed by atoms with Crippen LogP contribution in [0, 0.1) is 0 Å². The predicted octanol–water partition coefficient (Wildman–Crippen LogP) is 1.16. The van der Waals surface area contributed by atoms with E-state index in [0.29, 0.717) is 31.0 Å². The fourth-order valence-corrected chi connectivity index (χ4v) is 2.10. The molecule has 25 heavy (non-hydrogen) atoms. The Bertz CT molecular complexity index is 567. The van der Waals surface area contributed by atoms with Crippen LogP contribution in [0.1, 0.15) is 33.3 Å². The number of ether oxygens (including phenoxy) is 1. The van der Waals surface area contributed by atoms with Crippen LogP contribution in [0.3, 0.4) is 0 Å². The van der Waals surface area contributed by atoms with Crippen molar-refractivity contribution in [3.8, 4) is 0 Å². The number of hydrogen-bond acceptors (Lipinski definition) is 6. The van der Waals surface area contributed by atoms with Crippen LogP contribution in [0.15, 0.2) is 9.59 Å². The molecule has 0 saturated heterocycles. The van der Waals surface area contributed by atoms with E-state index in [1.807, 2.05) is 46.8 Å². The van der Waals surface area contributed by atoms with E-state index in [-0.39, 0.29) is 16.3 Å².